The third kappa shape index (κ3) is 5.08. The highest BCUT2D eigenvalue weighted by Gasteiger charge is 2.18. The van der Waals surface area contributed by atoms with Gasteiger partial charge in [-0.15, -0.1) is 20.4 Å². The van der Waals surface area contributed by atoms with E-state index in [0.717, 1.165) is 17.2 Å². The van der Waals surface area contributed by atoms with Crippen molar-refractivity contribution in [3.8, 4) is 5.75 Å². The van der Waals surface area contributed by atoms with Crippen LogP contribution < -0.4 is 10.1 Å². The summed E-state index contributed by atoms with van der Waals surface area (Å²) in [6, 6.07) is 8.03. The first-order valence-corrected chi connectivity index (χ1v) is 10.6. The largest absolute Gasteiger partial charge is 0.483 e. The fourth-order valence-electron chi connectivity index (χ4n) is 2.50. The van der Waals surface area contributed by atoms with Crippen LogP contribution in [0.2, 0.25) is 0 Å². The van der Waals surface area contributed by atoms with Crippen molar-refractivity contribution in [1.82, 2.24) is 25.0 Å². The fourth-order valence-corrected chi connectivity index (χ4v) is 3.83. The van der Waals surface area contributed by atoms with E-state index in [-0.39, 0.29) is 17.8 Å². The number of nitrogens with one attached hydrogen (secondary N) is 1. The number of ether oxygens (including phenoxy) is 1. The molecule has 3 rings (SSSR count). The van der Waals surface area contributed by atoms with Gasteiger partial charge in [-0.1, -0.05) is 42.2 Å². The van der Waals surface area contributed by atoms with Crippen LogP contribution in [0, 0.1) is 6.92 Å². The van der Waals surface area contributed by atoms with Crippen molar-refractivity contribution in [2.75, 3.05) is 11.1 Å². The minimum atomic E-state index is -0.266. The van der Waals surface area contributed by atoms with Crippen molar-refractivity contribution in [1.29, 1.82) is 0 Å². The van der Waals surface area contributed by atoms with Crippen molar-refractivity contribution in [3.05, 3.63) is 40.7 Å². The average molecular weight is 419 g/mol. The number of hydrogen-bond donors (Lipinski definition) is 1. The molecular formula is C18H22N6O2S2. The lowest BCUT2D eigenvalue weighted by atomic mass is 10.2. The van der Waals surface area contributed by atoms with Crippen molar-refractivity contribution in [2.45, 2.75) is 38.5 Å². The lowest BCUT2D eigenvalue weighted by Gasteiger charge is -2.14. The van der Waals surface area contributed by atoms with Gasteiger partial charge in [-0.05, 0) is 38.0 Å². The topological polar surface area (TPSA) is 94.8 Å². The van der Waals surface area contributed by atoms with Crippen LogP contribution in [0.4, 0.5) is 5.13 Å². The smallest absolute Gasteiger partial charge is 0.236 e. The summed E-state index contributed by atoms with van der Waals surface area (Å²) < 4.78 is 7.82. The third-order valence-electron chi connectivity index (χ3n) is 3.98. The number of rotatable bonds is 8. The van der Waals surface area contributed by atoms with E-state index >= 15 is 0 Å². The van der Waals surface area contributed by atoms with Gasteiger partial charge < -0.3 is 9.30 Å². The van der Waals surface area contributed by atoms with Crippen molar-refractivity contribution >= 4 is 34.1 Å². The molecule has 8 nitrogen and oxygen atoms in total. The van der Waals surface area contributed by atoms with Gasteiger partial charge in [0, 0.05) is 7.05 Å². The van der Waals surface area contributed by atoms with Crippen molar-refractivity contribution in [3.63, 3.8) is 0 Å². The van der Waals surface area contributed by atoms with E-state index in [9.17, 15) is 4.79 Å². The number of amides is 1. The summed E-state index contributed by atoms with van der Waals surface area (Å²) in [4.78, 5) is 12.1. The Kier molecular flexibility index (Phi) is 6.63. The number of carbonyl (C=O) groups is 1. The molecule has 1 atom stereocenters. The Morgan fingerprint density at radius 1 is 1.25 bits per heavy atom. The molecule has 10 heteroatoms. The zero-order valence-corrected chi connectivity index (χ0v) is 17.8. The highest BCUT2D eigenvalue weighted by atomic mass is 32.2. The summed E-state index contributed by atoms with van der Waals surface area (Å²) in [7, 11) is 1.86. The molecule has 0 aliphatic heterocycles. The Labute approximate surface area is 171 Å². The highest BCUT2D eigenvalue weighted by molar-refractivity contribution is 7.99. The molecule has 1 N–H and O–H groups in total. The number of benzene rings is 1. The van der Waals surface area contributed by atoms with Crippen LogP contribution in [0.15, 0.2) is 29.4 Å². The average Bonchev–Trinajstić information content (AvgIpc) is 3.26. The Balaban J connectivity index is 1.56. The number of hydrogen-bond acceptors (Lipinski definition) is 8. The minimum Gasteiger partial charge on any atom is -0.483 e. The zero-order valence-electron chi connectivity index (χ0n) is 16.2. The molecule has 2 heterocycles. The van der Waals surface area contributed by atoms with Crippen LogP contribution in [0.3, 0.4) is 0 Å². The number of aromatic nitrogens is 5. The van der Waals surface area contributed by atoms with E-state index in [1.807, 2.05) is 37.6 Å². The van der Waals surface area contributed by atoms with Gasteiger partial charge in [0.15, 0.2) is 17.1 Å². The molecule has 0 saturated carbocycles. The SMILES string of the molecule is CCc1ccc(OC(C)c2nnc(SCC(=O)Nc3nnc(C)s3)n2C)cc1. The maximum Gasteiger partial charge on any atom is 0.236 e. The molecule has 0 saturated heterocycles. The Morgan fingerprint density at radius 3 is 2.64 bits per heavy atom. The van der Waals surface area contributed by atoms with E-state index in [2.05, 4.69) is 44.8 Å². The van der Waals surface area contributed by atoms with Crippen molar-refractivity contribution < 1.29 is 9.53 Å². The van der Waals surface area contributed by atoms with Crippen LogP contribution in [0.1, 0.15) is 36.3 Å². The lowest BCUT2D eigenvalue weighted by molar-refractivity contribution is -0.113. The first kappa shape index (κ1) is 20.3. The second-order valence-electron chi connectivity index (χ2n) is 6.12. The van der Waals surface area contributed by atoms with Gasteiger partial charge >= 0.3 is 0 Å². The summed E-state index contributed by atoms with van der Waals surface area (Å²) in [5.74, 6) is 1.53. The van der Waals surface area contributed by atoms with E-state index in [0.29, 0.717) is 16.1 Å². The first-order valence-electron chi connectivity index (χ1n) is 8.84. The van der Waals surface area contributed by atoms with Gasteiger partial charge in [0.1, 0.15) is 10.8 Å². The Morgan fingerprint density at radius 2 is 2.00 bits per heavy atom. The monoisotopic (exact) mass is 418 g/mol. The van der Waals surface area contributed by atoms with Crippen LogP contribution in [-0.4, -0.2) is 36.6 Å². The predicted octanol–water partition coefficient (Wildman–Crippen LogP) is 3.41. The number of thioether (sulfide) groups is 1. The van der Waals surface area contributed by atoms with Crippen molar-refractivity contribution in [2.24, 2.45) is 7.05 Å². The van der Waals surface area contributed by atoms with Crippen LogP contribution in [0.5, 0.6) is 5.75 Å². The van der Waals surface area contributed by atoms with Gasteiger partial charge in [0.2, 0.25) is 11.0 Å². The lowest BCUT2D eigenvalue weighted by Crippen LogP contribution is -2.14. The highest BCUT2D eigenvalue weighted by Crippen LogP contribution is 2.24. The quantitative estimate of drug-likeness (QED) is 0.560. The third-order valence-corrected chi connectivity index (χ3v) is 5.76. The molecule has 3 aromatic rings. The van der Waals surface area contributed by atoms with Gasteiger partial charge in [-0.25, -0.2) is 0 Å². The number of nitrogens with zero attached hydrogens (tertiary/aromatic N) is 5. The number of carbonyl (C=O) groups excluding carboxylic acids is 1. The maximum absolute atomic E-state index is 12.1. The standard InChI is InChI=1S/C18H22N6O2S2/c1-5-13-6-8-14(9-7-13)26-11(2)16-21-23-18(24(16)4)27-10-15(25)19-17-22-20-12(3)28-17/h6-9,11H,5,10H2,1-4H3,(H,19,22,25). The van der Waals surface area contributed by atoms with Crippen LogP contribution >= 0.6 is 23.1 Å². The summed E-state index contributed by atoms with van der Waals surface area (Å²) >= 11 is 2.65. The minimum absolute atomic E-state index is 0.161. The molecule has 1 amide bonds. The summed E-state index contributed by atoms with van der Waals surface area (Å²) in [6.07, 6.45) is 0.726. The molecular weight excluding hydrogens is 396 g/mol. The summed E-state index contributed by atoms with van der Waals surface area (Å²) in [5.41, 5.74) is 1.26. The van der Waals surface area contributed by atoms with Crippen LogP contribution in [0.25, 0.3) is 0 Å². The molecule has 1 unspecified atom stereocenters. The Bertz CT molecular complexity index is 938. The van der Waals surface area contributed by atoms with E-state index in [1.165, 1.54) is 28.7 Å². The number of anilines is 1. The summed E-state index contributed by atoms with van der Waals surface area (Å²) in [6.45, 7) is 5.88. The molecule has 2 aromatic heterocycles. The normalized spacial score (nSPS) is 12.0. The molecule has 0 aliphatic rings. The van der Waals surface area contributed by atoms with Gasteiger partial charge in [0.05, 0.1) is 5.75 Å². The maximum atomic E-state index is 12.1. The molecule has 28 heavy (non-hydrogen) atoms. The van der Waals surface area contributed by atoms with E-state index in [1.54, 1.807) is 0 Å². The van der Waals surface area contributed by atoms with E-state index < -0.39 is 0 Å². The molecule has 148 valence electrons. The van der Waals surface area contributed by atoms with Gasteiger partial charge in [-0.3, -0.25) is 10.1 Å². The van der Waals surface area contributed by atoms with E-state index in [4.69, 9.17) is 4.74 Å². The molecule has 0 bridgehead atoms. The second kappa shape index (κ2) is 9.16. The second-order valence-corrected chi connectivity index (χ2v) is 8.24. The summed E-state index contributed by atoms with van der Waals surface area (Å²) in [5, 5.41) is 20.8. The molecule has 0 aliphatic carbocycles. The fraction of sp³-hybridized carbons (Fsp3) is 0.389. The van der Waals surface area contributed by atoms with Crippen LogP contribution in [-0.2, 0) is 18.3 Å². The molecule has 0 fully saturated rings. The van der Waals surface area contributed by atoms with Gasteiger partial charge in [-0.2, -0.15) is 0 Å². The van der Waals surface area contributed by atoms with Gasteiger partial charge in [0.25, 0.3) is 0 Å². The molecule has 0 radical (unpaired) electrons. The number of aryl methyl sites for hydroxylation is 2. The molecule has 0 spiro atoms. The Hall–Kier alpha value is -2.46. The predicted molar refractivity (Wildman–Crippen MR) is 110 cm³/mol. The molecule has 1 aromatic carbocycles. The zero-order chi connectivity index (χ0) is 20.1. The first-order chi connectivity index (χ1) is 13.5.